The third kappa shape index (κ3) is 4.47. The lowest BCUT2D eigenvalue weighted by molar-refractivity contribution is -0.136. The maximum absolute atomic E-state index is 12.8. The van der Waals surface area contributed by atoms with Gasteiger partial charge in [-0.1, -0.05) is 35.5 Å². The quantitative estimate of drug-likeness (QED) is 0.659. The largest absolute Gasteiger partial charge is 0.466 e. The zero-order valence-corrected chi connectivity index (χ0v) is 19.8. The third-order valence-electron chi connectivity index (χ3n) is 6.02. The predicted octanol–water partition coefficient (Wildman–Crippen LogP) is 3.74. The van der Waals surface area contributed by atoms with Crippen molar-refractivity contribution in [3.05, 3.63) is 57.3 Å². The van der Waals surface area contributed by atoms with Gasteiger partial charge >= 0.3 is 5.97 Å². The third-order valence-corrected chi connectivity index (χ3v) is 6.91. The number of amides is 1. The van der Waals surface area contributed by atoms with Crippen molar-refractivity contribution in [3.8, 4) is 0 Å². The Kier molecular flexibility index (Phi) is 6.71. The van der Waals surface area contributed by atoms with Crippen molar-refractivity contribution in [2.75, 3.05) is 20.3 Å². The highest BCUT2D eigenvalue weighted by Crippen LogP contribution is 2.45. The summed E-state index contributed by atoms with van der Waals surface area (Å²) >= 11 is 1.48. The number of methoxy groups -OCH3 is 1. The van der Waals surface area contributed by atoms with E-state index in [1.807, 2.05) is 43.2 Å². The lowest BCUT2D eigenvalue weighted by Gasteiger charge is -2.37. The van der Waals surface area contributed by atoms with Gasteiger partial charge in [0.2, 0.25) is 5.91 Å². The summed E-state index contributed by atoms with van der Waals surface area (Å²) in [7, 11) is 1.38. The molecule has 3 heterocycles. The molecule has 3 aliphatic heterocycles. The van der Waals surface area contributed by atoms with Crippen LogP contribution >= 0.6 is 11.8 Å². The molecule has 0 aliphatic carbocycles. The molecule has 1 aromatic carbocycles. The summed E-state index contributed by atoms with van der Waals surface area (Å²) in [6, 6.07) is 5.79. The minimum absolute atomic E-state index is 0.0705. The minimum atomic E-state index is -0.408. The monoisotopic (exact) mass is 455 g/mol. The number of rotatable bonds is 6. The first-order valence-corrected chi connectivity index (χ1v) is 11.7. The first-order valence-electron chi connectivity index (χ1n) is 10.9. The van der Waals surface area contributed by atoms with Crippen molar-refractivity contribution < 1.29 is 19.1 Å². The minimum Gasteiger partial charge on any atom is -0.466 e. The molecule has 3 aliphatic rings. The second-order valence-corrected chi connectivity index (χ2v) is 9.20. The molecule has 1 N–H and O–H groups in total. The molecule has 170 valence electrons. The topological polar surface area (TPSA) is 80.2 Å². The number of thioether (sulfide) groups is 1. The molecule has 1 saturated heterocycles. The number of carbonyl (C=O) groups excluding carboxylic acids is 2. The molecule has 1 amide bonds. The number of nitrogens with zero attached hydrogens (tertiary/aromatic N) is 2. The van der Waals surface area contributed by atoms with Gasteiger partial charge in [0.25, 0.3) is 0 Å². The Bertz CT molecular complexity index is 1020. The normalized spacial score (nSPS) is 22.4. The Morgan fingerprint density at radius 1 is 1.31 bits per heavy atom. The molecule has 0 unspecified atom stereocenters. The van der Waals surface area contributed by atoms with Gasteiger partial charge in [-0.3, -0.25) is 4.79 Å². The first-order chi connectivity index (χ1) is 15.4. The summed E-state index contributed by atoms with van der Waals surface area (Å²) in [5.41, 5.74) is 5.17. The van der Waals surface area contributed by atoms with Crippen LogP contribution in [0.15, 0.2) is 45.6 Å². The summed E-state index contributed by atoms with van der Waals surface area (Å²) in [6.45, 7) is 7.20. The molecule has 2 atom stereocenters. The number of carbonyl (C=O) groups is 2. The van der Waals surface area contributed by atoms with Crippen LogP contribution < -0.4 is 5.32 Å². The predicted molar refractivity (Wildman–Crippen MR) is 125 cm³/mol. The van der Waals surface area contributed by atoms with Gasteiger partial charge < -0.3 is 19.7 Å². The number of allylic oxidation sites excluding steroid dienone is 1. The van der Waals surface area contributed by atoms with Crippen LogP contribution in [0.3, 0.4) is 0 Å². The highest BCUT2D eigenvalue weighted by Gasteiger charge is 2.41. The van der Waals surface area contributed by atoms with Crippen LogP contribution in [-0.4, -0.2) is 48.3 Å². The number of nitrogens with one attached hydrogen (secondary N) is 1. The van der Waals surface area contributed by atoms with Crippen molar-refractivity contribution in [2.24, 2.45) is 4.99 Å². The number of ether oxygens (including phenoxy) is 2. The Labute approximate surface area is 192 Å². The van der Waals surface area contributed by atoms with Gasteiger partial charge in [-0.15, -0.1) is 0 Å². The van der Waals surface area contributed by atoms with Gasteiger partial charge in [0.05, 0.1) is 36.9 Å². The zero-order chi connectivity index (χ0) is 22.8. The number of amidine groups is 1. The van der Waals surface area contributed by atoms with E-state index in [-0.39, 0.29) is 18.4 Å². The van der Waals surface area contributed by atoms with Gasteiger partial charge in [-0.2, -0.15) is 0 Å². The molecule has 0 aromatic heterocycles. The van der Waals surface area contributed by atoms with E-state index in [4.69, 9.17) is 9.47 Å². The Morgan fingerprint density at radius 2 is 2.12 bits per heavy atom. The van der Waals surface area contributed by atoms with E-state index in [0.29, 0.717) is 17.8 Å². The fraction of sp³-hybridized carbons (Fsp3) is 0.458. The standard InChI is InChI=1S/C24H29N3O4S/c1-14-7-8-19(15(2)10-14)22-21(23(29)30-4)16(3)26-24-27(22)17(13-32-24)11-20(28)25-12-18-6-5-9-31-18/h7-8,10,13,18,22H,5-6,9,11-12H2,1-4H3,(H,25,28)/t18-,22+/m0/s1. The molecular formula is C24H29N3O4S. The lowest BCUT2D eigenvalue weighted by Crippen LogP contribution is -2.39. The number of aliphatic imine (C=N–C) groups is 1. The molecule has 0 spiro atoms. The van der Waals surface area contributed by atoms with Gasteiger partial charge in [0.15, 0.2) is 5.17 Å². The van der Waals surface area contributed by atoms with Gasteiger partial charge in [-0.05, 0) is 50.1 Å². The molecule has 8 heteroatoms. The van der Waals surface area contributed by atoms with Gasteiger partial charge in [-0.25, -0.2) is 9.79 Å². The van der Waals surface area contributed by atoms with E-state index in [1.165, 1.54) is 18.9 Å². The number of hydrogen-bond donors (Lipinski definition) is 1. The summed E-state index contributed by atoms with van der Waals surface area (Å²) in [5, 5.41) is 5.71. The number of hydrogen-bond acceptors (Lipinski definition) is 7. The van der Waals surface area contributed by atoms with Crippen molar-refractivity contribution in [1.82, 2.24) is 10.2 Å². The average Bonchev–Trinajstić information content (AvgIpc) is 3.41. The smallest absolute Gasteiger partial charge is 0.338 e. The van der Waals surface area contributed by atoms with Crippen LogP contribution in [0.2, 0.25) is 0 Å². The Balaban J connectivity index is 1.63. The molecule has 0 radical (unpaired) electrons. The van der Waals surface area contributed by atoms with E-state index in [1.54, 1.807) is 0 Å². The SMILES string of the molecule is COC(=O)C1=C(C)N=C2SC=C(CC(=O)NC[C@@H]3CCCO3)N2[C@@H]1c1ccc(C)cc1C. The van der Waals surface area contributed by atoms with Crippen LogP contribution in [0.4, 0.5) is 0 Å². The molecule has 4 rings (SSSR count). The summed E-state index contributed by atoms with van der Waals surface area (Å²) in [4.78, 5) is 32.2. The number of fused-ring (bicyclic) bond motifs is 1. The first kappa shape index (κ1) is 22.6. The molecule has 0 bridgehead atoms. The highest BCUT2D eigenvalue weighted by atomic mass is 32.2. The molecule has 1 fully saturated rings. The number of aryl methyl sites for hydroxylation is 2. The molecule has 32 heavy (non-hydrogen) atoms. The maximum Gasteiger partial charge on any atom is 0.338 e. The molecule has 7 nitrogen and oxygen atoms in total. The van der Waals surface area contributed by atoms with Crippen LogP contribution in [0.25, 0.3) is 0 Å². The van der Waals surface area contributed by atoms with E-state index >= 15 is 0 Å². The molecule has 0 saturated carbocycles. The van der Waals surface area contributed by atoms with E-state index < -0.39 is 12.0 Å². The van der Waals surface area contributed by atoms with Crippen molar-refractivity contribution >= 4 is 28.8 Å². The highest BCUT2D eigenvalue weighted by molar-refractivity contribution is 8.16. The van der Waals surface area contributed by atoms with Crippen molar-refractivity contribution in [3.63, 3.8) is 0 Å². The average molecular weight is 456 g/mol. The fourth-order valence-electron chi connectivity index (χ4n) is 4.43. The van der Waals surface area contributed by atoms with Crippen molar-refractivity contribution in [2.45, 2.75) is 52.2 Å². The lowest BCUT2D eigenvalue weighted by atomic mass is 9.90. The maximum atomic E-state index is 12.8. The van der Waals surface area contributed by atoms with Crippen LogP contribution in [0.5, 0.6) is 0 Å². The Morgan fingerprint density at radius 3 is 2.81 bits per heavy atom. The fourth-order valence-corrected chi connectivity index (χ4v) is 5.39. The summed E-state index contributed by atoms with van der Waals surface area (Å²) in [6.07, 6.45) is 2.31. The summed E-state index contributed by atoms with van der Waals surface area (Å²) in [5.74, 6) is -0.478. The van der Waals surface area contributed by atoms with Gasteiger partial charge in [0, 0.05) is 18.8 Å². The molecular weight excluding hydrogens is 426 g/mol. The van der Waals surface area contributed by atoms with Crippen molar-refractivity contribution in [1.29, 1.82) is 0 Å². The van der Waals surface area contributed by atoms with Crippen LogP contribution in [0.1, 0.15) is 48.9 Å². The number of benzene rings is 1. The number of esters is 1. The Hall–Kier alpha value is -2.58. The second-order valence-electron chi connectivity index (χ2n) is 8.36. The van der Waals surface area contributed by atoms with Gasteiger partial charge in [0.1, 0.15) is 0 Å². The van der Waals surface area contributed by atoms with E-state index in [9.17, 15) is 9.59 Å². The van der Waals surface area contributed by atoms with Crippen LogP contribution in [0, 0.1) is 13.8 Å². The van der Waals surface area contributed by atoms with E-state index in [2.05, 4.69) is 16.4 Å². The zero-order valence-electron chi connectivity index (χ0n) is 18.9. The van der Waals surface area contributed by atoms with E-state index in [0.717, 1.165) is 47.0 Å². The van der Waals surface area contributed by atoms with Crippen LogP contribution in [-0.2, 0) is 19.1 Å². The second kappa shape index (κ2) is 9.50. The summed E-state index contributed by atoms with van der Waals surface area (Å²) < 4.78 is 10.7. The molecule has 1 aromatic rings.